The largest absolute Gasteiger partial charge is 0.508 e. The maximum absolute atomic E-state index is 14.4. The number of aliphatic imine (C=N–C) groups is 2. The van der Waals surface area contributed by atoms with E-state index in [-0.39, 0.29) is 80.7 Å². The predicted octanol–water partition coefficient (Wildman–Crippen LogP) is -10.2. The zero-order valence-electron chi connectivity index (χ0n) is 47.7. The maximum atomic E-state index is 14.4. The number of aliphatic hydroxyl groups excluding tert-OH is 1. The summed E-state index contributed by atoms with van der Waals surface area (Å²) >= 11 is 0. The number of aromatic hydroxyl groups is 1. The van der Waals surface area contributed by atoms with Crippen molar-refractivity contribution in [3.8, 4) is 5.75 Å². The number of carboxylic acid groups (broad SMARTS) is 2. The summed E-state index contributed by atoms with van der Waals surface area (Å²) in [6.45, 7) is -1.68. The average Bonchev–Trinajstić information content (AvgIpc) is 4.08. The first-order valence-electron chi connectivity index (χ1n) is 27.2. The highest BCUT2D eigenvalue weighted by atomic mass is 16.4. The number of carbonyl (C=O) groups is 13. The molecular formula is C50H79N21O17. The van der Waals surface area contributed by atoms with E-state index in [9.17, 15) is 82.8 Å². The number of unbranched alkanes of at least 4 members (excludes halogenated alkanes) is 1. The van der Waals surface area contributed by atoms with Crippen LogP contribution in [-0.2, 0) is 75.2 Å². The number of hydrogen-bond donors (Lipinski definition) is 22. The molecule has 1 aromatic carbocycles. The zero-order valence-corrected chi connectivity index (χ0v) is 47.7. The lowest BCUT2D eigenvalue weighted by Gasteiger charge is -2.27. The van der Waals surface area contributed by atoms with Crippen molar-refractivity contribution in [3.05, 3.63) is 48.0 Å². The van der Waals surface area contributed by atoms with Gasteiger partial charge in [-0.25, -0.2) is 9.78 Å². The van der Waals surface area contributed by atoms with Crippen molar-refractivity contribution in [2.45, 2.75) is 131 Å². The van der Waals surface area contributed by atoms with Gasteiger partial charge in [-0.3, -0.25) is 67.5 Å². The van der Waals surface area contributed by atoms with E-state index in [1.165, 1.54) is 36.8 Å². The van der Waals surface area contributed by atoms with Crippen LogP contribution in [0.15, 0.2) is 46.8 Å². The molecule has 0 radical (unpaired) electrons. The van der Waals surface area contributed by atoms with Crippen LogP contribution in [0.2, 0.25) is 0 Å². The summed E-state index contributed by atoms with van der Waals surface area (Å²) in [5.74, 6) is -16.5. The predicted molar refractivity (Wildman–Crippen MR) is 308 cm³/mol. The molecule has 486 valence electrons. The van der Waals surface area contributed by atoms with Gasteiger partial charge in [0, 0.05) is 37.8 Å². The summed E-state index contributed by atoms with van der Waals surface area (Å²) in [6, 6.07) is -10.3. The number of benzene rings is 1. The van der Waals surface area contributed by atoms with Gasteiger partial charge in [-0.2, -0.15) is 0 Å². The molecule has 11 amide bonds. The van der Waals surface area contributed by atoms with Crippen LogP contribution in [0.1, 0.15) is 75.5 Å². The van der Waals surface area contributed by atoms with Gasteiger partial charge in [0.25, 0.3) is 0 Å². The van der Waals surface area contributed by atoms with Gasteiger partial charge in [0.1, 0.15) is 54.1 Å². The van der Waals surface area contributed by atoms with Gasteiger partial charge >= 0.3 is 11.9 Å². The molecule has 88 heavy (non-hydrogen) atoms. The number of hydrogen-bond acceptors (Lipinski definition) is 20. The van der Waals surface area contributed by atoms with E-state index in [2.05, 4.69) is 67.8 Å². The summed E-state index contributed by atoms with van der Waals surface area (Å²) in [5.41, 5.74) is 44.2. The van der Waals surface area contributed by atoms with Gasteiger partial charge in [-0.05, 0) is 69.2 Å². The molecule has 0 unspecified atom stereocenters. The first-order valence-corrected chi connectivity index (χ1v) is 27.2. The third kappa shape index (κ3) is 29.0. The van der Waals surface area contributed by atoms with E-state index in [4.69, 9.17) is 45.9 Å². The van der Waals surface area contributed by atoms with Crippen LogP contribution in [0, 0.1) is 0 Å². The second-order valence-corrected chi connectivity index (χ2v) is 19.7. The molecule has 0 saturated heterocycles. The standard InChI is InChI=1S/C50H79N21O17/c51-12-2-1-6-29(48(87)88)64-38(76)21-62-41(80)35(22-72)71-46(85)33(18-37(54)75)69-44(83)31(16-25-20-59-23-63-25)68-47(86)34(19-39(77)78)70-43(82)30(15-24-8-10-26(73)11-9-24)67-42(81)28(7-4-14-61-50(57)58)65-45(84)32(17-36(53)74)66-40(79)27(52)5-3-13-60-49(55)56/h8-11,20,23,27-35,72-73H,1-7,12-19,21-22,51-52H2,(H2,53,74)(H2,54,75)(H,59,63)(H,62,80)(H,64,76)(H,65,84)(H,66,79)(H,67,81)(H,68,86)(H,69,83)(H,70,82)(H,71,85)(H,77,78)(H,87,88)(H4,55,56,60)(H4,57,58,61)/t27-,28-,29-,30-,31-,32-,33-,34-,35-/m0/s1. The molecule has 30 N–H and O–H groups in total. The molecule has 38 heteroatoms. The van der Waals surface area contributed by atoms with E-state index >= 15 is 0 Å². The normalized spacial score (nSPS) is 13.9. The Hall–Kier alpha value is -10.2. The number of nitrogens with two attached hydrogens (primary N) is 8. The Morgan fingerprint density at radius 1 is 0.523 bits per heavy atom. The summed E-state index contributed by atoms with van der Waals surface area (Å²) in [7, 11) is 0. The minimum absolute atomic E-state index is 0.0164. The quantitative estimate of drug-likeness (QED) is 0.0167. The molecule has 0 saturated carbocycles. The monoisotopic (exact) mass is 1250 g/mol. The lowest BCUT2D eigenvalue weighted by molar-refractivity contribution is -0.142. The number of rotatable bonds is 42. The van der Waals surface area contributed by atoms with Gasteiger partial charge in [0.15, 0.2) is 11.9 Å². The number of phenolic OH excluding ortho intramolecular Hbond substituents is 1. The number of imidazole rings is 1. The molecule has 0 spiro atoms. The molecule has 0 aliphatic heterocycles. The fourth-order valence-electron chi connectivity index (χ4n) is 7.92. The van der Waals surface area contributed by atoms with Crippen molar-refractivity contribution in [3.63, 3.8) is 0 Å². The van der Waals surface area contributed by atoms with E-state index in [0.717, 1.165) is 0 Å². The highest BCUT2D eigenvalue weighted by Gasteiger charge is 2.36. The SMILES string of the molecule is NCCCC[C@H](NC(=O)CNC(=O)[C@H](CO)NC(=O)[C@H](CC(N)=O)NC(=O)[C@H](Cc1cnc[nH]1)NC(=O)[C@H](CC(=O)O)NC(=O)[C@H](Cc1ccc(O)cc1)NC(=O)[C@H](CCCN=C(N)N)NC(=O)[C@H](CC(N)=O)NC(=O)[C@@H](N)CCCN=C(N)N)C(=O)O. The first-order chi connectivity index (χ1) is 41.5. The Morgan fingerprint density at radius 2 is 0.977 bits per heavy atom. The number of aliphatic carboxylic acids is 2. The summed E-state index contributed by atoms with van der Waals surface area (Å²) in [4.78, 5) is 186. The Bertz CT molecular complexity index is 2780. The Labute approximate surface area is 502 Å². The lowest BCUT2D eigenvalue weighted by Crippen LogP contribution is -2.61. The highest BCUT2D eigenvalue weighted by Crippen LogP contribution is 2.14. The minimum atomic E-state index is -2.10. The summed E-state index contributed by atoms with van der Waals surface area (Å²) in [6.07, 6.45) is -0.766. The van der Waals surface area contributed by atoms with Gasteiger partial charge < -0.3 is 119 Å². The third-order valence-electron chi connectivity index (χ3n) is 12.4. The molecular weight excluding hydrogens is 1170 g/mol. The van der Waals surface area contributed by atoms with Crippen LogP contribution in [-0.4, -0.2) is 206 Å². The molecule has 0 fully saturated rings. The Balaban J connectivity index is 2.50. The number of nitrogens with zero attached hydrogens (tertiary/aromatic N) is 3. The number of amides is 11. The number of carboxylic acids is 2. The van der Waals surface area contributed by atoms with E-state index in [0.29, 0.717) is 12.8 Å². The second-order valence-electron chi connectivity index (χ2n) is 19.7. The number of aromatic nitrogens is 2. The molecule has 9 atom stereocenters. The van der Waals surface area contributed by atoms with Crippen molar-refractivity contribution < 1.29 is 82.8 Å². The van der Waals surface area contributed by atoms with Crippen molar-refractivity contribution in [2.24, 2.45) is 55.9 Å². The van der Waals surface area contributed by atoms with E-state index in [1.807, 2.05) is 0 Å². The first kappa shape index (κ1) is 73.9. The van der Waals surface area contributed by atoms with Crippen molar-refractivity contribution in [1.29, 1.82) is 0 Å². The van der Waals surface area contributed by atoms with Gasteiger partial charge in [-0.1, -0.05) is 12.1 Å². The fourth-order valence-corrected chi connectivity index (χ4v) is 7.92. The minimum Gasteiger partial charge on any atom is -0.508 e. The van der Waals surface area contributed by atoms with Crippen molar-refractivity contribution in [2.75, 3.05) is 32.8 Å². The van der Waals surface area contributed by atoms with Crippen LogP contribution in [0.5, 0.6) is 5.75 Å². The van der Waals surface area contributed by atoms with Gasteiger partial charge in [-0.15, -0.1) is 0 Å². The third-order valence-corrected chi connectivity index (χ3v) is 12.4. The van der Waals surface area contributed by atoms with Crippen molar-refractivity contribution in [1.82, 2.24) is 57.8 Å². The molecule has 2 aromatic rings. The Kier molecular flexibility index (Phi) is 32.4. The molecule has 2 rings (SSSR count). The van der Waals surface area contributed by atoms with Crippen LogP contribution in [0.25, 0.3) is 0 Å². The van der Waals surface area contributed by atoms with E-state index < -0.39 is 177 Å². The van der Waals surface area contributed by atoms with Crippen LogP contribution < -0.4 is 93.7 Å². The number of phenols is 1. The Morgan fingerprint density at radius 3 is 1.45 bits per heavy atom. The molecule has 1 heterocycles. The maximum Gasteiger partial charge on any atom is 0.326 e. The number of primary amides is 2. The lowest BCUT2D eigenvalue weighted by atomic mass is 10.0. The molecule has 0 aliphatic rings. The smallest absolute Gasteiger partial charge is 0.326 e. The number of nitrogens with one attached hydrogen (secondary N) is 10. The van der Waals surface area contributed by atoms with Crippen LogP contribution in [0.4, 0.5) is 0 Å². The number of H-pyrrole nitrogens is 1. The van der Waals surface area contributed by atoms with Crippen LogP contribution >= 0.6 is 0 Å². The number of aromatic amines is 1. The number of aliphatic hydroxyl groups is 1. The van der Waals surface area contributed by atoms with Gasteiger partial charge in [0.2, 0.25) is 65.0 Å². The molecule has 1 aromatic heterocycles. The number of guanidine groups is 2. The topological polar surface area (TPSA) is 673 Å². The zero-order chi connectivity index (χ0) is 66.0. The second kappa shape index (κ2) is 38.7. The summed E-state index contributed by atoms with van der Waals surface area (Å²) in [5, 5.41) is 59.8. The molecule has 0 aliphatic carbocycles. The number of carbonyl (C=O) groups excluding carboxylic acids is 11. The summed E-state index contributed by atoms with van der Waals surface area (Å²) < 4.78 is 0. The van der Waals surface area contributed by atoms with Gasteiger partial charge in [0.05, 0.1) is 44.8 Å². The van der Waals surface area contributed by atoms with E-state index in [1.54, 1.807) is 0 Å². The van der Waals surface area contributed by atoms with Crippen LogP contribution in [0.3, 0.4) is 0 Å². The molecule has 38 nitrogen and oxygen atoms in total. The van der Waals surface area contributed by atoms with Crippen molar-refractivity contribution >= 4 is 88.8 Å². The highest BCUT2D eigenvalue weighted by molar-refractivity contribution is 6.00. The fraction of sp³-hybridized carbons (Fsp3) is 0.520. The average molecular weight is 1250 g/mol. The molecule has 0 bridgehead atoms.